The number of hydrogen-bond acceptors (Lipinski definition) is 6. The molecule has 6 nitrogen and oxygen atoms in total. The average Bonchev–Trinajstić information content (AvgIpc) is 3.46. The van der Waals surface area contributed by atoms with Crippen molar-refractivity contribution in [3.05, 3.63) is 42.0 Å². The SMILES string of the molecule is C=C(C)[C@@H]1CC[C@]2(CNCCCN3CCS(=O)(=O)CC3)CC[C@]3(C)[C@H](CC[C@@H]4[C@@]5(C)CCN(c6ccc(C#N)cc6)C(C)(C)[C@@H]5CC[C@]43C)[C@@H]12. The Bertz CT molecular complexity index is 1580. The molecule has 0 spiro atoms. The molecule has 7 rings (SSSR count). The number of nitrogens with zero attached hydrogens (tertiary/aromatic N) is 3. The van der Waals surface area contributed by atoms with Crippen molar-refractivity contribution in [3.8, 4) is 6.07 Å². The van der Waals surface area contributed by atoms with Crippen LogP contribution >= 0.6 is 0 Å². The lowest BCUT2D eigenvalue weighted by Gasteiger charge is -2.73. The Morgan fingerprint density at radius 2 is 1.62 bits per heavy atom. The molecule has 1 aromatic carbocycles. The Hall–Kier alpha value is -1.88. The van der Waals surface area contributed by atoms with Crippen molar-refractivity contribution in [3.63, 3.8) is 0 Å². The molecule has 0 amide bonds. The van der Waals surface area contributed by atoms with Crippen molar-refractivity contribution in [2.45, 2.75) is 111 Å². The van der Waals surface area contributed by atoms with Gasteiger partial charge in [-0.15, -0.1) is 0 Å². The van der Waals surface area contributed by atoms with Crippen molar-refractivity contribution in [1.29, 1.82) is 5.26 Å². The minimum absolute atomic E-state index is 0.0653. The Morgan fingerprint density at radius 3 is 2.30 bits per heavy atom. The van der Waals surface area contributed by atoms with Crippen LogP contribution < -0.4 is 10.2 Å². The fourth-order valence-electron chi connectivity index (χ4n) is 14.2. The van der Waals surface area contributed by atoms with Crippen LogP contribution in [-0.2, 0) is 9.84 Å². The van der Waals surface area contributed by atoms with Gasteiger partial charge >= 0.3 is 0 Å². The number of allylic oxidation sites excluding steroid dienone is 1. The van der Waals surface area contributed by atoms with Gasteiger partial charge in [0, 0.05) is 37.4 Å². The van der Waals surface area contributed by atoms with Gasteiger partial charge in [-0.2, -0.15) is 5.26 Å². The first-order valence-electron chi connectivity index (χ1n) is 20.2. The van der Waals surface area contributed by atoms with Gasteiger partial charge in [-0.05, 0) is 174 Å². The molecule has 9 atom stereocenters. The van der Waals surface area contributed by atoms with E-state index < -0.39 is 9.84 Å². The number of nitriles is 1. The highest BCUT2D eigenvalue weighted by atomic mass is 32.2. The summed E-state index contributed by atoms with van der Waals surface area (Å²) in [5.41, 5.74) is 4.88. The summed E-state index contributed by atoms with van der Waals surface area (Å²) >= 11 is 0. The smallest absolute Gasteiger partial charge is 0.152 e. The Labute approximate surface area is 304 Å². The number of rotatable bonds is 8. The maximum absolute atomic E-state index is 11.9. The van der Waals surface area contributed by atoms with E-state index in [-0.39, 0.29) is 5.54 Å². The molecule has 2 saturated heterocycles. The van der Waals surface area contributed by atoms with Gasteiger partial charge in [0.1, 0.15) is 0 Å². The lowest BCUT2D eigenvalue weighted by molar-refractivity contribution is -0.227. The van der Waals surface area contributed by atoms with E-state index in [0.29, 0.717) is 58.1 Å². The summed E-state index contributed by atoms with van der Waals surface area (Å²) in [6.45, 7) is 25.8. The summed E-state index contributed by atoms with van der Waals surface area (Å²) in [6, 6.07) is 10.6. The largest absolute Gasteiger partial charge is 0.366 e. The fourth-order valence-corrected chi connectivity index (χ4v) is 15.5. The van der Waals surface area contributed by atoms with Crippen molar-refractivity contribution in [2.24, 2.45) is 51.2 Å². The molecule has 6 aliphatic rings. The molecular weight excluding hydrogens is 637 g/mol. The standard InChI is InChI=1S/C43H66N4O2S/c1-31(2)34-15-18-43(30-45-22-8-23-46-25-27-50(48,49)28-26-46)20-19-41(6)35(38(34)43)13-14-37-40(5)21-24-47(33-11-9-32(29-44)10-12-33)39(3,4)36(40)16-17-42(37,41)7/h9-12,34-38,45H,1,8,13-28,30H2,2-7H3/t34-,35+,36-,37+,38+,40-,41+,42+,43+/m0/s1. The molecule has 0 aromatic heterocycles. The van der Waals surface area contributed by atoms with E-state index in [1.54, 1.807) is 0 Å². The quantitative estimate of drug-likeness (QED) is 0.218. The van der Waals surface area contributed by atoms with Crippen molar-refractivity contribution >= 4 is 15.5 Å². The molecule has 276 valence electrons. The van der Waals surface area contributed by atoms with Crippen LogP contribution in [0.2, 0.25) is 0 Å². The van der Waals surface area contributed by atoms with Gasteiger partial charge in [0.05, 0.1) is 23.1 Å². The minimum Gasteiger partial charge on any atom is -0.366 e. The highest BCUT2D eigenvalue weighted by molar-refractivity contribution is 7.91. The number of nitrogens with one attached hydrogen (secondary N) is 1. The molecule has 50 heavy (non-hydrogen) atoms. The van der Waals surface area contributed by atoms with Crippen LogP contribution in [0.3, 0.4) is 0 Å². The molecule has 0 unspecified atom stereocenters. The zero-order chi connectivity index (χ0) is 35.7. The van der Waals surface area contributed by atoms with Gasteiger partial charge in [0.15, 0.2) is 9.84 Å². The fraction of sp³-hybridized carbons (Fsp3) is 0.791. The zero-order valence-electron chi connectivity index (χ0n) is 32.2. The second kappa shape index (κ2) is 12.9. The number of piperidine rings is 1. The molecule has 2 heterocycles. The number of sulfone groups is 1. The zero-order valence-corrected chi connectivity index (χ0v) is 33.0. The molecule has 4 saturated carbocycles. The van der Waals surface area contributed by atoms with E-state index in [0.717, 1.165) is 55.9 Å². The van der Waals surface area contributed by atoms with Gasteiger partial charge in [-0.1, -0.05) is 32.9 Å². The number of fused-ring (bicyclic) bond motifs is 7. The maximum atomic E-state index is 11.9. The number of anilines is 1. The van der Waals surface area contributed by atoms with Crippen molar-refractivity contribution in [1.82, 2.24) is 10.2 Å². The summed E-state index contributed by atoms with van der Waals surface area (Å²) in [5, 5.41) is 13.4. The van der Waals surface area contributed by atoms with Gasteiger partial charge < -0.3 is 15.1 Å². The van der Waals surface area contributed by atoms with Gasteiger partial charge in [-0.3, -0.25) is 0 Å². The van der Waals surface area contributed by atoms with Crippen LogP contribution in [-0.4, -0.2) is 69.6 Å². The highest BCUT2D eigenvalue weighted by Crippen LogP contribution is 2.76. The molecule has 1 N–H and O–H groups in total. The number of hydrogen-bond donors (Lipinski definition) is 1. The van der Waals surface area contributed by atoms with Crippen LogP contribution in [0.15, 0.2) is 36.4 Å². The normalized spacial score (nSPS) is 42.0. The highest BCUT2D eigenvalue weighted by Gasteiger charge is 2.70. The maximum Gasteiger partial charge on any atom is 0.152 e. The van der Waals surface area contributed by atoms with E-state index in [1.807, 2.05) is 12.1 Å². The minimum atomic E-state index is -2.82. The summed E-state index contributed by atoms with van der Waals surface area (Å²) in [5.74, 6) is 4.15. The molecular formula is C43H66N4O2S. The van der Waals surface area contributed by atoms with Crippen LogP contribution in [0.5, 0.6) is 0 Å². The summed E-state index contributed by atoms with van der Waals surface area (Å²) in [7, 11) is -2.82. The summed E-state index contributed by atoms with van der Waals surface area (Å²) < 4.78 is 23.7. The van der Waals surface area contributed by atoms with Crippen molar-refractivity contribution < 1.29 is 8.42 Å². The van der Waals surface area contributed by atoms with Gasteiger partial charge in [0.2, 0.25) is 0 Å². The van der Waals surface area contributed by atoms with E-state index in [2.05, 4.69) is 81.4 Å². The van der Waals surface area contributed by atoms with Gasteiger partial charge in [-0.25, -0.2) is 8.42 Å². The lowest BCUT2D eigenvalue weighted by atomic mass is 9.33. The third-order valence-electron chi connectivity index (χ3n) is 17.0. The van der Waals surface area contributed by atoms with E-state index >= 15 is 0 Å². The molecule has 0 bridgehead atoms. The molecule has 4 aliphatic carbocycles. The first-order chi connectivity index (χ1) is 23.6. The number of benzene rings is 1. The molecule has 0 radical (unpaired) electrons. The van der Waals surface area contributed by atoms with Crippen LogP contribution in [0.4, 0.5) is 5.69 Å². The third-order valence-corrected chi connectivity index (χ3v) is 18.6. The predicted molar refractivity (Wildman–Crippen MR) is 206 cm³/mol. The van der Waals surface area contributed by atoms with Crippen molar-refractivity contribution in [2.75, 3.05) is 55.7 Å². The summed E-state index contributed by atoms with van der Waals surface area (Å²) in [6.07, 6.45) is 13.0. The first-order valence-corrected chi connectivity index (χ1v) is 22.0. The Kier molecular flexibility index (Phi) is 9.42. The van der Waals surface area contributed by atoms with Crippen LogP contribution in [0.1, 0.15) is 111 Å². The Morgan fingerprint density at radius 1 is 0.900 bits per heavy atom. The molecule has 2 aliphatic heterocycles. The second-order valence-electron chi connectivity index (χ2n) is 19.3. The Balaban J connectivity index is 1.08. The lowest BCUT2D eigenvalue weighted by Crippen LogP contribution is -2.70. The third kappa shape index (κ3) is 5.72. The predicted octanol–water partition coefficient (Wildman–Crippen LogP) is 8.09. The first kappa shape index (κ1) is 36.5. The monoisotopic (exact) mass is 702 g/mol. The van der Waals surface area contributed by atoms with Crippen LogP contribution in [0, 0.1) is 62.6 Å². The van der Waals surface area contributed by atoms with Gasteiger partial charge in [0.25, 0.3) is 0 Å². The van der Waals surface area contributed by atoms with E-state index in [4.69, 9.17) is 0 Å². The van der Waals surface area contributed by atoms with E-state index in [9.17, 15) is 13.7 Å². The second-order valence-corrected chi connectivity index (χ2v) is 21.6. The van der Waals surface area contributed by atoms with Crippen LogP contribution in [0.25, 0.3) is 0 Å². The summed E-state index contributed by atoms with van der Waals surface area (Å²) in [4.78, 5) is 5.01. The molecule has 7 heteroatoms. The molecule has 6 fully saturated rings. The topological polar surface area (TPSA) is 76.4 Å². The van der Waals surface area contributed by atoms with E-state index in [1.165, 1.54) is 69.0 Å². The molecule has 1 aromatic rings. The average molecular weight is 703 g/mol.